The quantitative estimate of drug-likeness (QED) is 0.636. The maximum absolute atomic E-state index is 12.1. The fourth-order valence-electron chi connectivity index (χ4n) is 3.27. The number of benzene rings is 1. The number of unbranched alkanes of at least 4 members (excludes halogenated alkanes) is 1. The van der Waals surface area contributed by atoms with Gasteiger partial charge in [-0.15, -0.1) is 0 Å². The molecule has 3 amide bonds. The molecule has 1 fully saturated rings. The number of piperidine rings is 1. The SMILES string of the molecule is CC1CCCN(CCCCNC(=O)Nc2cccc(OCC(=O)N(C)C)c2)C1. The minimum absolute atomic E-state index is 0.0293. The van der Waals surface area contributed by atoms with Crippen molar-refractivity contribution in [1.29, 1.82) is 0 Å². The van der Waals surface area contributed by atoms with Crippen molar-refractivity contribution in [3.05, 3.63) is 24.3 Å². The monoisotopic (exact) mass is 390 g/mol. The van der Waals surface area contributed by atoms with Crippen LogP contribution in [0.1, 0.15) is 32.6 Å². The molecule has 28 heavy (non-hydrogen) atoms. The lowest BCUT2D eigenvalue weighted by molar-refractivity contribution is -0.130. The van der Waals surface area contributed by atoms with Gasteiger partial charge in [0.05, 0.1) is 0 Å². The van der Waals surface area contributed by atoms with E-state index in [0.717, 1.165) is 25.3 Å². The summed E-state index contributed by atoms with van der Waals surface area (Å²) in [6.45, 7) is 6.46. The normalized spacial score (nSPS) is 17.0. The van der Waals surface area contributed by atoms with Crippen LogP contribution in [0.2, 0.25) is 0 Å². The maximum atomic E-state index is 12.1. The van der Waals surface area contributed by atoms with Crippen LogP contribution >= 0.6 is 0 Å². The lowest BCUT2D eigenvalue weighted by atomic mass is 10.0. The van der Waals surface area contributed by atoms with Crippen LogP contribution in [0.25, 0.3) is 0 Å². The van der Waals surface area contributed by atoms with Gasteiger partial charge in [0, 0.05) is 38.9 Å². The van der Waals surface area contributed by atoms with E-state index >= 15 is 0 Å². The second-order valence-electron chi connectivity index (χ2n) is 7.74. The Bertz CT molecular complexity index is 636. The van der Waals surface area contributed by atoms with Gasteiger partial charge >= 0.3 is 6.03 Å². The van der Waals surface area contributed by atoms with E-state index in [1.54, 1.807) is 38.4 Å². The molecule has 0 spiro atoms. The Balaban J connectivity index is 1.63. The highest BCUT2D eigenvalue weighted by atomic mass is 16.5. The summed E-state index contributed by atoms with van der Waals surface area (Å²) >= 11 is 0. The van der Waals surface area contributed by atoms with Crippen molar-refractivity contribution in [3.8, 4) is 5.75 Å². The van der Waals surface area contributed by atoms with Crippen LogP contribution in [0.4, 0.5) is 10.5 Å². The third-order valence-corrected chi connectivity index (χ3v) is 4.88. The third-order valence-electron chi connectivity index (χ3n) is 4.88. The summed E-state index contributed by atoms with van der Waals surface area (Å²) in [5.74, 6) is 1.23. The minimum atomic E-state index is -0.229. The smallest absolute Gasteiger partial charge is 0.319 e. The zero-order valence-electron chi connectivity index (χ0n) is 17.4. The van der Waals surface area contributed by atoms with E-state index in [0.29, 0.717) is 18.0 Å². The van der Waals surface area contributed by atoms with Gasteiger partial charge in [0.15, 0.2) is 6.61 Å². The largest absolute Gasteiger partial charge is 0.484 e. The number of anilines is 1. The molecular weight excluding hydrogens is 356 g/mol. The Morgan fingerprint density at radius 2 is 2.11 bits per heavy atom. The van der Waals surface area contributed by atoms with Gasteiger partial charge in [0.2, 0.25) is 0 Å². The molecule has 0 aromatic heterocycles. The first-order chi connectivity index (χ1) is 13.4. The van der Waals surface area contributed by atoms with Crippen LogP contribution in [0.3, 0.4) is 0 Å². The van der Waals surface area contributed by atoms with Crippen LogP contribution < -0.4 is 15.4 Å². The Labute approximate surface area is 168 Å². The zero-order chi connectivity index (χ0) is 20.4. The van der Waals surface area contributed by atoms with Crippen molar-refractivity contribution in [2.75, 3.05) is 52.2 Å². The molecule has 1 saturated heterocycles. The van der Waals surface area contributed by atoms with Gasteiger partial charge < -0.3 is 25.2 Å². The highest BCUT2D eigenvalue weighted by Crippen LogP contribution is 2.17. The summed E-state index contributed by atoms with van der Waals surface area (Å²) in [5.41, 5.74) is 0.634. The molecule has 2 rings (SSSR count). The molecule has 156 valence electrons. The topological polar surface area (TPSA) is 73.9 Å². The number of hydrogen-bond acceptors (Lipinski definition) is 4. The van der Waals surface area contributed by atoms with Gasteiger partial charge in [0.1, 0.15) is 5.75 Å². The van der Waals surface area contributed by atoms with Crippen molar-refractivity contribution < 1.29 is 14.3 Å². The molecular formula is C21H34N4O3. The molecule has 1 aromatic rings. The molecule has 0 bridgehead atoms. The van der Waals surface area contributed by atoms with Crippen molar-refractivity contribution >= 4 is 17.6 Å². The Morgan fingerprint density at radius 3 is 2.86 bits per heavy atom. The first-order valence-electron chi connectivity index (χ1n) is 10.1. The number of amides is 3. The number of urea groups is 1. The number of hydrogen-bond donors (Lipinski definition) is 2. The summed E-state index contributed by atoms with van der Waals surface area (Å²) in [6, 6.07) is 6.81. The van der Waals surface area contributed by atoms with Crippen molar-refractivity contribution in [1.82, 2.24) is 15.1 Å². The molecule has 2 N–H and O–H groups in total. The Morgan fingerprint density at radius 1 is 1.29 bits per heavy atom. The van der Waals surface area contributed by atoms with Crippen LogP contribution in [-0.2, 0) is 4.79 Å². The lowest BCUT2D eigenvalue weighted by Crippen LogP contribution is -2.35. The lowest BCUT2D eigenvalue weighted by Gasteiger charge is -2.30. The van der Waals surface area contributed by atoms with Gasteiger partial charge in [-0.25, -0.2) is 4.79 Å². The number of ether oxygens (including phenoxy) is 1. The van der Waals surface area contributed by atoms with Crippen LogP contribution in [0, 0.1) is 5.92 Å². The number of likely N-dealkylation sites (tertiary alicyclic amines) is 1. The van der Waals surface area contributed by atoms with E-state index in [2.05, 4.69) is 22.5 Å². The van der Waals surface area contributed by atoms with E-state index < -0.39 is 0 Å². The van der Waals surface area contributed by atoms with Crippen molar-refractivity contribution in [3.63, 3.8) is 0 Å². The molecule has 1 aromatic carbocycles. The fourth-order valence-corrected chi connectivity index (χ4v) is 3.27. The predicted molar refractivity (Wildman–Crippen MR) is 112 cm³/mol. The average molecular weight is 391 g/mol. The maximum Gasteiger partial charge on any atom is 0.319 e. The van der Waals surface area contributed by atoms with E-state index in [9.17, 15) is 9.59 Å². The molecule has 0 saturated carbocycles. The highest BCUT2D eigenvalue weighted by molar-refractivity contribution is 5.89. The zero-order valence-corrected chi connectivity index (χ0v) is 17.4. The second kappa shape index (κ2) is 11.5. The van der Waals surface area contributed by atoms with E-state index in [-0.39, 0.29) is 18.5 Å². The molecule has 7 nitrogen and oxygen atoms in total. The second-order valence-corrected chi connectivity index (χ2v) is 7.74. The summed E-state index contributed by atoms with van der Waals surface area (Å²) in [4.78, 5) is 27.6. The third kappa shape index (κ3) is 8.17. The molecule has 1 atom stereocenters. The standard InChI is InChI=1S/C21H34N4O3/c1-17-8-7-13-25(15-17)12-5-4-11-22-21(27)23-18-9-6-10-19(14-18)28-16-20(26)24(2)3/h6,9-10,14,17H,4-5,7-8,11-13,15-16H2,1-3H3,(H2,22,23,27). The van der Waals surface area contributed by atoms with E-state index in [4.69, 9.17) is 4.74 Å². The average Bonchev–Trinajstić information content (AvgIpc) is 2.66. The van der Waals surface area contributed by atoms with Gasteiger partial charge in [-0.05, 0) is 56.8 Å². The number of nitrogens with one attached hydrogen (secondary N) is 2. The summed E-state index contributed by atoms with van der Waals surface area (Å²) in [7, 11) is 3.36. The molecule has 1 unspecified atom stereocenters. The molecule has 1 aliphatic rings. The van der Waals surface area contributed by atoms with Crippen molar-refractivity contribution in [2.24, 2.45) is 5.92 Å². The number of likely N-dealkylation sites (N-methyl/N-ethyl adjacent to an activating group) is 1. The number of carbonyl (C=O) groups excluding carboxylic acids is 2. The van der Waals surface area contributed by atoms with Gasteiger partial charge in [-0.3, -0.25) is 4.79 Å². The van der Waals surface area contributed by atoms with Crippen molar-refractivity contribution in [2.45, 2.75) is 32.6 Å². The van der Waals surface area contributed by atoms with Gasteiger partial charge in [-0.2, -0.15) is 0 Å². The van der Waals surface area contributed by atoms with Gasteiger partial charge in [0.25, 0.3) is 5.91 Å². The molecule has 0 aliphatic carbocycles. The number of rotatable bonds is 9. The molecule has 1 heterocycles. The highest BCUT2D eigenvalue weighted by Gasteiger charge is 2.15. The summed E-state index contributed by atoms with van der Waals surface area (Å²) < 4.78 is 5.46. The Hall–Kier alpha value is -2.28. The van der Waals surface area contributed by atoms with Crippen LogP contribution in [0.5, 0.6) is 5.75 Å². The first-order valence-corrected chi connectivity index (χ1v) is 10.1. The van der Waals surface area contributed by atoms with E-state index in [1.165, 1.54) is 30.8 Å². The minimum Gasteiger partial charge on any atom is -0.484 e. The fraction of sp³-hybridized carbons (Fsp3) is 0.619. The molecule has 0 radical (unpaired) electrons. The number of nitrogens with zero attached hydrogens (tertiary/aromatic N) is 2. The number of carbonyl (C=O) groups is 2. The Kier molecular flexibility index (Phi) is 9.07. The van der Waals surface area contributed by atoms with Crippen LogP contribution in [0.15, 0.2) is 24.3 Å². The van der Waals surface area contributed by atoms with Gasteiger partial charge in [-0.1, -0.05) is 13.0 Å². The molecule has 7 heteroatoms. The van der Waals surface area contributed by atoms with E-state index in [1.807, 2.05) is 0 Å². The molecule has 1 aliphatic heterocycles. The summed E-state index contributed by atoms with van der Waals surface area (Å²) in [5, 5.41) is 5.70. The summed E-state index contributed by atoms with van der Waals surface area (Å²) in [6.07, 6.45) is 4.70. The first kappa shape index (κ1) is 22.0. The van der Waals surface area contributed by atoms with Crippen LogP contribution in [-0.4, -0.2) is 68.6 Å². The predicted octanol–water partition coefficient (Wildman–Crippen LogP) is 2.79.